The fourth-order valence-electron chi connectivity index (χ4n) is 4.25. The number of carboxylic acids is 1. The van der Waals surface area contributed by atoms with Crippen LogP contribution >= 0.6 is 0 Å². The predicted octanol–water partition coefficient (Wildman–Crippen LogP) is 3.25. The maximum absolute atomic E-state index is 13.1. The summed E-state index contributed by atoms with van der Waals surface area (Å²) in [5, 5.41) is 12.1. The molecule has 33 heavy (non-hydrogen) atoms. The normalized spacial score (nSPS) is 13.6. The van der Waals surface area contributed by atoms with E-state index >= 15 is 0 Å². The molecule has 176 valence electrons. The molecule has 0 saturated carbocycles. The molecule has 2 aromatic rings. The van der Waals surface area contributed by atoms with Crippen molar-refractivity contribution in [3.63, 3.8) is 0 Å². The number of alkyl carbamates (subject to hydrolysis) is 1. The van der Waals surface area contributed by atoms with Gasteiger partial charge in [-0.3, -0.25) is 4.79 Å². The second-order valence-electron chi connectivity index (χ2n) is 8.42. The van der Waals surface area contributed by atoms with Gasteiger partial charge in [0.2, 0.25) is 5.91 Å². The van der Waals surface area contributed by atoms with Crippen molar-refractivity contribution in [3.8, 4) is 11.1 Å². The Morgan fingerprint density at radius 1 is 1.06 bits per heavy atom. The predicted molar refractivity (Wildman–Crippen MR) is 123 cm³/mol. The molecule has 8 nitrogen and oxygen atoms in total. The number of carbonyl (C=O) groups is 3. The number of rotatable bonds is 9. The highest BCUT2D eigenvalue weighted by Gasteiger charge is 2.40. The number of benzene rings is 2. The maximum atomic E-state index is 13.1. The second kappa shape index (κ2) is 10.0. The Bertz CT molecular complexity index is 990. The Kier molecular flexibility index (Phi) is 7.38. The Balaban J connectivity index is 1.71. The quantitative estimate of drug-likeness (QED) is 0.603. The van der Waals surface area contributed by atoms with Crippen molar-refractivity contribution in [1.29, 1.82) is 0 Å². The van der Waals surface area contributed by atoms with Gasteiger partial charge in [-0.1, -0.05) is 48.5 Å². The maximum Gasteiger partial charge on any atom is 0.407 e. The molecule has 8 heteroatoms. The van der Waals surface area contributed by atoms with E-state index < -0.39 is 29.6 Å². The van der Waals surface area contributed by atoms with Crippen LogP contribution in [0.15, 0.2) is 48.5 Å². The smallest absolute Gasteiger partial charge is 0.407 e. The monoisotopic (exact) mass is 454 g/mol. The zero-order valence-electron chi connectivity index (χ0n) is 19.3. The number of ether oxygens (including phenoxy) is 2. The van der Waals surface area contributed by atoms with Crippen molar-refractivity contribution in [1.82, 2.24) is 10.2 Å². The highest BCUT2D eigenvalue weighted by Crippen LogP contribution is 2.44. The van der Waals surface area contributed by atoms with E-state index in [0.29, 0.717) is 0 Å². The molecule has 2 aromatic carbocycles. The van der Waals surface area contributed by atoms with E-state index in [0.717, 1.165) is 22.3 Å². The van der Waals surface area contributed by atoms with Crippen molar-refractivity contribution in [2.75, 3.05) is 26.9 Å². The van der Waals surface area contributed by atoms with Crippen LogP contribution in [0.5, 0.6) is 0 Å². The average molecular weight is 455 g/mol. The number of nitrogens with zero attached hydrogens (tertiary/aromatic N) is 1. The van der Waals surface area contributed by atoms with E-state index in [-0.39, 0.29) is 25.7 Å². The first-order valence-electron chi connectivity index (χ1n) is 10.9. The minimum absolute atomic E-state index is 0.103. The SMILES string of the molecule is CCN(C(=O)[C@H](COC)NC(=O)OCC1c2ccccc2-c2ccccc21)C(C)(C)C(=O)O. The number of methoxy groups -OCH3 is 1. The minimum Gasteiger partial charge on any atom is -0.480 e. The second-order valence-corrected chi connectivity index (χ2v) is 8.42. The lowest BCUT2D eigenvalue weighted by atomic mass is 9.98. The summed E-state index contributed by atoms with van der Waals surface area (Å²) in [5.41, 5.74) is 2.95. The standard InChI is InChI=1S/C25H30N2O6/c1-5-27(25(2,3)23(29)30)22(28)21(15-32-4)26-24(31)33-14-20-18-12-8-6-10-16(18)17-11-7-9-13-19(17)20/h6-13,20-21H,5,14-15H2,1-4H3,(H,26,31)(H,29,30)/t21-/m0/s1. The van der Waals surface area contributed by atoms with Gasteiger partial charge in [0, 0.05) is 19.6 Å². The van der Waals surface area contributed by atoms with Gasteiger partial charge in [0.05, 0.1) is 6.61 Å². The Morgan fingerprint density at radius 2 is 1.61 bits per heavy atom. The van der Waals surface area contributed by atoms with Crippen molar-refractivity contribution in [2.45, 2.75) is 38.3 Å². The number of carboxylic acid groups (broad SMARTS) is 1. The zero-order chi connectivity index (χ0) is 24.2. The molecule has 0 saturated heterocycles. The lowest BCUT2D eigenvalue weighted by molar-refractivity contribution is -0.158. The van der Waals surface area contributed by atoms with Crippen LogP contribution in [0.2, 0.25) is 0 Å². The van der Waals surface area contributed by atoms with Gasteiger partial charge in [-0.15, -0.1) is 0 Å². The number of hydrogen-bond acceptors (Lipinski definition) is 5. The first-order chi connectivity index (χ1) is 15.7. The van der Waals surface area contributed by atoms with E-state index in [4.69, 9.17) is 9.47 Å². The van der Waals surface area contributed by atoms with Crippen LogP contribution in [0.3, 0.4) is 0 Å². The summed E-state index contributed by atoms with van der Waals surface area (Å²) in [4.78, 5) is 38.5. The molecule has 2 N–H and O–H groups in total. The van der Waals surface area contributed by atoms with Gasteiger partial charge in [0.15, 0.2) is 0 Å². The van der Waals surface area contributed by atoms with Gasteiger partial charge in [-0.25, -0.2) is 9.59 Å². The van der Waals surface area contributed by atoms with Crippen molar-refractivity contribution in [2.24, 2.45) is 0 Å². The third-order valence-electron chi connectivity index (χ3n) is 6.05. The van der Waals surface area contributed by atoms with Crippen molar-refractivity contribution in [3.05, 3.63) is 59.7 Å². The lowest BCUT2D eigenvalue weighted by Gasteiger charge is -2.36. The van der Waals surface area contributed by atoms with E-state index in [1.165, 1.54) is 25.9 Å². The summed E-state index contributed by atoms with van der Waals surface area (Å²) in [6.07, 6.45) is -0.767. The first kappa shape index (κ1) is 24.3. The summed E-state index contributed by atoms with van der Waals surface area (Å²) in [5.74, 6) is -1.81. The van der Waals surface area contributed by atoms with E-state index in [9.17, 15) is 19.5 Å². The van der Waals surface area contributed by atoms with Crippen LogP contribution in [0.1, 0.15) is 37.8 Å². The van der Waals surface area contributed by atoms with Crippen molar-refractivity contribution < 1.29 is 29.0 Å². The number of aliphatic carboxylic acids is 1. The Hall–Kier alpha value is -3.39. The molecular weight excluding hydrogens is 424 g/mol. The van der Waals surface area contributed by atoms with Crippen LogP contribution in [-0.2, 0) is 19.1 Å². The number of amides is 2. The molecule has 0 aromatic heterocycles. The Morgan fingerprint density at radius 3 is 2.09 bits per heavy atom. The van der Waals surface area contributed by atoms with E-state index in [1.54, 1.807) is 6.92 Å². The summed E-state index contributed by atoms with van der Waals surface area (Å²) >= 11 is 0. The highest BCUT2D eigenvalue weighted by molar-refractivity contribution is 5.91. The number of hydrogen-bond donors (Lipinski definition) is 2. The van der Waals surface area contributed by atoms with Crippen LogP contribution < -0.4 is 5.32 Å². The molecule has 3 rings (SSSR count). The molecule has 0 unspecified atom stereocenters. The third-order valence-corrected chi connectivity index (χ3v) is 6.05. The molecule has 1 atom stereocenters. The van der Waals surface area contributed by atoms with E-state index in [2.05, 4.69) is 5.32 Å². The molecule has 0 aliphatic heterocycles. The molecule has 1 aliphatic carbocycles. The largest absolute Gasteiger partial charge is 0.480 e. The molecule has 0 bridgehead atoms. The van der Waals surface area contributed by atoms with Crippen molar-refractivity contribution >= 4 is 18.0 Å². The van der Waals surface area contributed by atoms with Crippen LogP contribution in [-0.4, -0.2) is 66.4 Å². The molecule has 0 spiro atoms. The van der Waals surface area contributed by atoms with Gasteiger partial charge in [-0.05, 0) is 43.0 Å². The molecule has 2 amide bonds. The number of carbonyl (C=O) groups excluding carboxylic acids is 2. The highest BCUT2D eigenvalue weighted by atomic mass is 16.5. The molecule has 0 heterocycles. The van der Waals surface area contributed by atoms with E-state index in [1.807, 2.05) is 48.5 Å². The van der Waals surface area contributed by atoms with Crippen LogP contribution in [0, 0.1) is 0 Å². The van der Waals surface area contributed by atoms with Gasteiger partial charge in [-0.2, -0.15) is 0 Å². The van der Waals surface area contributed by atoms with Gasteiger partial charge < -0.3 is 24.8 Å². The minimum atomic E-state index is -1.44. The number of fused-ring (bicyclic) bond motifs is 3. The number of nitrogens with one attached hydrogen (secondary N) is 1. The molecular formula is C25H30N2O6. The Labute approximate surface area is 193 Å². The molecule has 0 radical (unpaired) electrons. The van der Waals surface area contributed by atoms with Crippen LogP contribution in [0.25, 0.3) is 11.1 Å². The van der Waals surface area contributed by atoms with Gasteiger partial charge >= 0.3 is 12.1 Å². The summed E-state index contributed by atoms with van der Waals surface area (Å²) in [7, 11) is 1.40. The summed E-state index contributed by atoms with van der Waals surface area (Å²) < 4.78 is 10.6. The van der Waals surface area contributed by atoms with Crippen LogP contribution in [0.4, 0.5) is 4.79 Å². The first-order valence-corrected chi connectivity index (χ1v) is 10.9. The fraction of sp³-hybridized carbons (Fsp3) is 0.400. The topological polar surface area (TPSA) is 105 Å². The molecule has 0 fully saturated rings. The van der Waals surface area contributed by atoms with Gasteiger partial charge in [0.1, 0.15) is 18.2 Å². The molecule has 1 aliphatic rings. The third kappa shape index (κ3) is 4.85. The zero-order valence-corrected chi connectivity index (χ0v) is 19.3. The number of likely N-dealkylation sites (N-methyl/N-ethyl adjacent to an activating group) is 1. The van der Waals surface area contributed by atoms with Gasteiger partial charge in [0.25, 0.3) is 0 Å². The lowest BCUT2D eigenvalue weighted by Crippen LogP contribution is -2.59. The fourth-order valence-corrected chi connectivity index (χ4v) is 4.25. The summed E-state index contributed by atoms with van der Waals surface area (Å²) in [6, 6.07) is 14.9. The average Bonchev–Trinajstić information content (AvgIpc) is 3.11. The summed E-state index contributed by atoms with van der Waals surface area (Å²) in [6.45, 7) is 4.70.